The number of allylic oxidation sites excluding steroid dienone is 2. The van der Waals surface area contributed by atoms with Crippen LogP contribution in [0.1, 0.15) is 25.0 Å². The summed E-state index contributed by atoms with van der Waals surface area (Å²) in [5, 5.41) is 13.8. The number of benzene rings is 2. The molecular formula is C20H20N4. The second kappa shape index (κ2) is 5.81. The first-order valence-corrected chi connectivity index (χ1v) is 8.07. The van der Waals surface area contributed by atoms with E-state index in [0.29, 0.717) is 0 Å². The zero-order chi connectivity index (χ0) is 16.5. The molecule has 0 aliphatic carbocycles. The Morgan fingerprint density at radius 3 is 1.25 bits per heavy atom. The SMILES string of the molecule is CC1=C(c2ccccc2)N/C(=C2\NC(C)=C(c3ccccc3)N2)N1. The highest BCUT2D eigenvalue weighted by Crippen LogP contribution is 2.25. The number of hydrogen-bond acceptors (Lipinski definition) is 4. The Kier molecular flexibility index (Phi) is 3.50. The van der Waals surface area contributed by atoms with Gasteiger partial charge in [-0.2, -0.15) is 0 Å². The van der Waals surface area contributed by atoms with E-state index in [1.165, 1.54) is 11.1 Å². The van der Waals surface area contributed by atoms with Crippen molar-refractivity contribution < 1.29 is 0 Å². The van der Waals surface area contributed by atoms with Gasteiger partial charge in [-0.3, -0.25) is 0 Å². The smallest absolute Gasteiger partial charge is 0.150 e. The molecule has 0 spiro atoms. The minimum Gasteiger partial charge on any atom is -0.341 e. The summed E-state index contributed by atoms with van der Waals surface area (Å²) >= 11 is 0. The van der Waals surface area contributed by atoms with E-state index in [2.05, 4.69) is 59.4 Å². The van der Waals surface area contributed by atoms with Crippen molar-refractivity contribution in [2.45, 2.75) is 13.8 Å². The van der Waals surface area contributed by atoms with Gasteiger partial charge in [0.25, 0.3) is 0 Å². The molecule has 0 fully saturated rings. The fraction of sp³-hybridized carbons (Fsp3) is 0.100. The summed E-state index contributed by atoms with van der Waals surface area (Å²) in [7, 11) is 0. The Morgan fingerprint density at radius 1 is 0.500 bits per heavy atom. The zero-order valence-corrected chi connectivity index (χ0v) is 13.8. The zero-order valence-electron chi connectivity index (χ0n) is 13.8. The fourth-order valence-electron chi connectivity index (χ4n) is 3.04. The topological polar surface area (TPSA) is 48.1 Å². The van der Waals surface area contributed by atoms with E-state index in [0.717, 1.165) is 34.4 Å². The third-order valence-corrected chi connectivity index (χ3v) is 4.25. The summed E-state index contributed by atoms with van der Waals surface area (Å²) in [4.78, 5) is 0. The highest BCUT2D eigenvalue weighted by Gasteiger charge is 2.24. The molecule has 120 valence electrons. The summed E-state index contributed by atoms with van der Waals surface area (Å²) in [6, 6.07) is 20.7. The molecule has 0 amide bonds. The van der Waals surface area contributed by atoms with E-state index in [4.69, 9.17) is 0 Å². The maximum atomic E-state index is 3.49. The molecule has 0 atom stereocenters. The summed E-state index contributed by atoms with van der Waals surface area (Å²) in [5.74, 6) is 1.88. The van der Waals surface area contributed by atoms with Crippen LogP contribution in [0.15, 0.2) is 83.7 Å². The van der Waals surface area contributed by atoms with E-state index in [1.54, 1.807) is 0 Å². The van der Waals surface area contributed by atoms with Gasteiger partial charge in [-0.1, -0.05) is 60.7 Å². The molecule has 0 unspecified atom stereocenters. The monoisotopic (exact) mass is 316 g/mol. The van der Waals surface area contributed by atoms with Gasteiger partial charge >= 0.3 is 0 Å². The standard InChI is InChI=1S/C20H20N4/c1-13-17(15-9-5-3-6-10-15)23-19(21-13)20-22-14(2)18(24-20)16-11-7-4-8-12-16/h3-12,21-24H,1-2H3/b20-19+. The minimum atomic E-state index is 0.941. The summed E-state index contributed by atoms with van der Waals surface area (Å²) in [6.07, 6.45) is 0. The fourth-order valence-corrected chi connectivity index (χ4v) is 3.04. The van der Waals surface area contributed by atoms with Gasteiger partial charge in [0.15, 0.2) is 0 Å². The van der Waals surface area contributed by atoms with Gasteiger partial charge in [-0.25, -0.2) is 0 Å². The Labute approximate surface area is 142 Å². The van der Waals surface area contributed by atoms with Crippen LogP contribution < -0.4 is 21.3 Å². The second-order valence-corrected chi connectivity index (χ2v) is 5.98. The van der Waals surface area contributed by atoms with E-state index in [9.17, 15) is 0 Å². The molecule has 2 aliphatic rings. The Bertz CT molecular complexity index is 788. The molecule has 4 nitrogen and oxygen atoms in total. The van der Waals surface area contributed by atoms with E-state index >= 15 is 0 Å². The van der Waals surface area contributed by atoms with E-state index in [1.807, 2.05) is 36.4 Å². The largest absolute Gasteiger partial charge is 0.341 e. The maximum absolute atomic E-state index is 3.49. The Balaban J connectivity index is 1.59. The highest BCUT2D eigenvalue weighted by molar-refractivity contribution is 5.74. The van der Waals surface area contributed by atoms with Crippen LogP contribution >= 0.6 is 0 Å². The lowest BCUT2D eigenvalue weighted by Crippen LogP contribution is -2.26. The predicted octanol–water partition coefficient (Wildman–Crippen LogP) is 3.28. The van der Waals surface area contributed by atoms with Gasteiger partial charge in [0.2, 0.25) is 0 Å². The first kappa shape index (κ1) is 14.5. The van der Waals surface area contributed by atoms with Crippen molar-refractivity contribution in [2.24, 2.45) is 0 Å². The third kappa shape index (κ3) is 2.52. The van der Waals surface area contributed by atoms with E-state index < -0.39 is 0 Å². The first-order valence-electron chi connectivity index (χ1n) is 8.07. The average Bonchev–Trinajstić information content (AvgIpc) is 3.19. The van der Waals surface area contributed by atoms with Gasteiger partial charge in [0, 0.05) is 11.4 Å². The molecule has 0 aromatic heterocycles. The van der Waals surface area contributed by atoms with Crippen LogP contribution in [-0.2, 0) is 0 Å². The first-order chi connectivity index (χ1) is 11.7. The second-order valence-electron chi connectivity index (χ2n) is 5.98. The van der Waals surface area contributed by atoms with Crippen LogP contribution in [-0.4, -0.2) is 0 Å². The summed E-state index contributed by atoms with van der Waals surface area (Å²) < 4.78 is 0. The molecule has 0 saturated carbocycles. The van der Waals surface area contributed by atoms with Crippen LogP contribution in [0, 0.1) is 0 Å². The molecule has 0 radical (unpaired) electrons. The van der Waals surface area contributed by atoms with Gasteiger partial charge in [0.05, 0.1) is 11.4 Å². The number of rotatable bonds is 2. The van der Waals surface area contributed by atoms with Crippen molar-refractivity contribution in [3.63, 3.8) is 0 Å². The molecule has 2 aliphatic heterocycles. The Morgan fingerprint density at radius 2 is 0.875 bits per heavy atom. The number of hydrogen-bond donors (Lipinski definition) is 4. The lowest BCUT2D eigenvalue weighted by Gasteiger charge is -2.10. The molecule has 4 N–H and O–H groups in total. The average molecular weight is 316 g/mol. The molecule has 2 aromatic rings. The quantitative estimate of drug-likeness (QED) is 0.687. The van der Waals surface area contributed by atoms with Crippen molar-refractivity contribution in [1.29, 1.82) is 0 Å². The van der Waals surface area contributed by atoms with Crippen molar-refractivity contribution in [3.05, 3.63) is 94.8 Å². The molecule has 4 heteroatoms. The molecule has 0 bridgehead atoms. The maximum Gasteiger partial charge on any atom is 0.150 e. The predicted molar refractivity (Wildman–Crippen MR) is 97.6 cm³/mol. The van der Waals surface area contributed by atoms with Crippen LogP contribution in [0.4, 0.5) is 0 Å². The van der Waals surface area contributed by atoms with Crippen molar-refractivity contribution in [2.75, 3.05) is 0 Å². The van der Waals surface area contributed by atoms with Crippen LogP contribution in [0.5, 0.6) is 0 Å². The lowest BCUT2D eigenvalue weighted by atomic mass is 10.1. The van der Waals surface area contributed by atoms with Crippen molar-refractivity contribution in [1.82, 2.24) is 21.3 Å². The molecule has 2 aromatic carbocycles. The van der Waals surface area contributed by atoms with Gasteiger partial charge in [0.1, 0.15) is 11.6 Å². The van der Waals surface area contributed by atoms with Crippen molar-refractivity contribution in [3.8, 4) is 0 Å². The lowest BCUT2D eigenvalue weighted by molar-refractivity contribution is 0.833. The summed E-state index contributed by atoms with van der Waals surface area (Å²) in [6.45, 7) is 4.16. The highest BCUT2D eigenvalue weighted by atomic mass is 15.3. The van der Waals surface area contributed by atoms with E-state index in [-0.39, 0.29) is 0 Å². The minimum absolute atomic E-state index is 0.941. The van der Waals surface area contributed by atoms with Gasteiger partial charge in [-0.15, -0.1) is 0 Å². The molecule has 4 rings (SSSR count). The molecule has 0 saturated heterocycles. The number of nitrogens with one attached hydrogen (secondary N) is 4. The van der Waals surface area contributed by atoms with Gasteiger partial charge < -0.3 is 21.3 Å². The van der Waals surface area contributed by atoms with Crippen LogP contribution in [0.2, 0.25) is 0 Å². The summed E-state index contributed by atoms with van der Waals surface area (Å²) in [5.41, 5.74) is 6.77. The van der Waals surface area contributed by atoms with Crippen molar-refractivity contribution >= 4 is 11.4 Å². The molecule has 2 heterocycles. The normalized spacial score (nSPS) is 19.8. The Hall–Kier alpha value is -3.14. The molecule has 24 heavy (non-hydrogen) atoms. The third-order valence-electron chi connectivity index (χ3n) is 4.25. The van der Waals surface area contributed by atoms with Crippen LogP contribution in [0.25, 0.3) is 11.4 Å². The van der Waals surface area contributed by atoms with Crippen LogP contribution in [0.3, 0.4) is 0 Å². The van der Waals surface area contributed by atoms with Gasteiger partial charge in [-0.05, 0) is 25.0 Å². The molecular weight excluding hydrogens is 296 g/mol.